The zero-order chi connectivity index (χ0) is 14.0. The van der Waals surface area contributed by atoms with Gasteiger partial charge in [0.15, 0.2) is 0 Å². The first-order chi connectivity index (χ1) is 8.90. The Labute approximate surface area is 118 Å². The number of nitrogen functional groups attached to an aromatic ring is 1. The average molecular weight is 345 g/mol. The summed E-state index contributed by atoms with van der Waals surface area (Å²) in [4.78, 5) is -0.546. The molecule has 4 nitrogen and oxygen atoms in total. The number of hydrogen-bond donors (Lipinski definition) is 2. The van der Waals surface area contributed by atoms with Crippen LogP contribution >= 0.6 is 15.9 Å². The molecule has 0 aliphatic rings. The molecule has 0 saturated carbocycles. The van der Waals surface area contributed by atoms with E-state index in [0.717, 1.165) is 6.07 Å². The lowest BCUT2D eigenvalue weighted by molar-refractivity contribution is 0.572. The fourth-order valence-electron chi connectivity index (χ4n) is 1.57. The predicted octanol–water partition coefficient (Wildman–Crippen LogP) is 2.97. The van der Waals surface area contributed by atoms with Gasteiger partial charge in [0.2, 0.25) is 0 Å². The highest BCUT2D eigenvalue weighted by atomic mass is 79.9. The van der Waals surface area contributed by atoms with Gasteiger partial charge < -0.3 is 5.73 Å². The van der Waals surface area contributed by atoms with E-state index in [2.05, 4.69) is 20.7 Å². The van der Waals surface area contributed by atoms with Gasteiger partial charge in [-0.2, -0.15) is 0 Å². The topological polar surface area (TPSA) is 72.2 Å². The summed E-state index contributed by atoms with van der Waals surface area (Å²) in [7, 11) is -4.06. The molecular formula is C12H10BrFN2O2S. The third kappa shape index (κ3) is 3.05. The first kappa shape index (κ1) is 13.8. The minimum Gasteiger partial charge on any atom is -0.398 e. The van der Waals surface area contributed by atoms with Crippen molar-refractivity contribution in [3.05, 3.63) is 52.8 Å². The first-order valence-corrected chi connectivity index (χ1v) is 7.50. The van der Waals surface area contributed by atoms with Crippen LogP contribution in [0.2, 0.25) is 0 Å². The van der Waals surface area contributed by atoms with Crippen LogP contribution in [0.1, 0.15) is 0 Å². The highest BCUT2D eigenvalue weighted by Crippen LogP contribution is 2.25. The fraction of sp³-hybridized carbons (Fsp3) is 0. The first-order valence-electron chi connectivity index (χ1n) is 5.22. The van der Waals surface area contributed by atoms with Crippen LogP contribution < -0.4 is 10.5 Å². The number of sulfonamides is 1. The maximum atomic E-state index is 13.6. The van der Waals surface area contributed by atoms with Crippen molar-refractivity contribution in [2.24, 2.45) is 0 Å². The molecule has 0 fully saturated rings. The summed E-state index contributed by atoms with van der Waals surface area (Å²) in [5.41, 5.74) is 5.70. The van der Waals surface area contributed by atoms with Crippen molar-refractivity contribution in [3.8, 4) is 0 Å². The summed E-state index contributed by atoms with van der Waals surface area (Å²) in [5.74, 6) is -0.887. The Bertz CT molecular complexity index is 699. The SMILES string of the molecule is Nc1cccc(F)c1S(=O)(=O)Nc1cccc(Br)c1. The number of nitrogens with one attached hydrogen (secondary N) is 1. The van der Waals surface area contributed by atoms with E-state index in [1.165, 1.54) is 12.1 Å². The second kappa shape index (κ2) is 5.18. The van der Waals surface area contributed by atoms with Crippen LogP contribution in [0.4, 0.5) is 15.8 Å². The lowest BCUT2D eigenvalue weighted by atomic mass is 10.3. The van der Waals surface area contributed by atoms with Gasteiger partial charge >= 0.3 is 0 Å². The molecule has 2 aromatic rings. The van der Waals surface area contributed by atoms with Crippen molar-refractivity contribution in [1.29, 1.82) is 0 Å². The van der Waals surface area contributed by atoms with Gasteiger partial charge in [-0.05, 0) is 30.3 Å². The Hall–Kier alpha value is -1.60. The van der Waals surface area contributed by atoms with Crippen LogP contribution in [0.3, 0.4) is 0 Å². The molecule has 0 amide bonds. The summed E-state index contributed by atoms with van der Waals surface area (Å²) in [6.07, 6.45) is 0. The van der Waals surface area contributed by atoms with E-state index >= 15 is 0 Å². The molecule has 0 unspecified atom stereocenters. The number of rotatable bonds is 3. The third-order valence-electron chi connectivity index (χ3n) is 2.34. The summed E-state index contributed by atoms with van der Waals surface area (Å²) in [6, 6.07) is 10.3. The van der Waals surface area contributed by atoms with Gasteiger partial charge in [-0.1, -0.05) is 28.1 Å². The van der Waals surface area contributed by atoms with Crippen LogP contribution in [0.5, 0.6) is 0 Å². The molecule has 0 radical (unpaired) electrons. The van der Waals surface area contributed by atoms with Gasteiger partial charge in [0.1, 0.15) is 10.7 Å². The molecule has 0 heterocycles. The van der Waals surface area contributed by atoms with Gasteiger partial charge in [-0.15, -0.1) is 0 Å². The third-order valence-corrected chi connectivity index (χ3v) is 4.31. The van der Waals surface area contributed by atoms with Crippen LogP contribution in [-0.4, -0.2) is 8.42 Å². The predicted molar refractivity (Wildman–Crippen MR) is 75.8 cm³/mol. The van der Waals surface area contributed by atoms with Gasteiger partial charge in [-0.3, -0.25) is 4.72 Å². The second-order valence-corrected chi connectivity index (χ2v) is 6.31. The van der Waals surface area contributed by atoms with Crippen LogP contribution in [0.25, 0.3) is 0 Å². The minimum atomic E-state index is -4.06. The van der Waals surface area contributed by atoms with Crippen LogP contribution in [-0.2, 0) is 10.0 Å². The van der Waals surface area contributed by atoms with E-state index in [0.29, 0.717) is 10.2 Å². The molecular weight excluding hydrogens is 335 g/mol. The van der Waals surface area contributed by atoms with Crippen molar-refractivity contribution in [2.75, 3.05) is 10.5 Å². The van der Waals surface area contributed by atoms with Crippen molar-refractivity contribution < 1.29 is 12.8 Å². The van der Waals surface area contributed by atoms with E-state index in [9.17, 15) is 12.8 Å². The molecule has 0 bridgehead atoms. The molecule has 0 aliphatic heterocycles. The number of halogens is 2. The van der Waals surface area contributed by atoms with Gasteiger partial charge in [0.25, 0.3) is 10.0 Å². The number of anilines is 2. The van der Waals surface area contributed by atoms with E-state index < -0.39 is 20.7 Å². The van der Waals surface area contributed by atoms with Crippen LogP contribution in [0, 0.1) is 5.82 Å². The Morgan fingerprint density at radius 2 is 1.84 bits per heavy atom. The maximum Gasteiger partial charge on any atom is 0.266 e. The molecule has 100 valence electrons. The molecule has 0 spiro atoms. The van der Waals surface area contributed by atoms with Crippen LogP contribution in [0.15, 0.2) is 51.8 Å². The summed E-state index contributed by atoms with van der Waals surface area (Å²) >= 11 is 3.22. The van der Waals surface area contributed by atoms with Crippen molar-refractivity contribution >= 4 is 37.3 Å². The molecule has 19 heavy (non-hydrogen) atoms. The monoisotopic (exact) mass is 344 g/mol. The zero-order valence-electron chi connectivity index (χ0n) is 9.60. The Balaban J connectivity index is 2.44. The highest BCUT2D eigenvalue weighted by Gasteiger charge is 2.22. The largest absolute Gasteiger partial charge is 0.398 e. The molecule has 2 rings (SSSR count). The molecule has 0 atom stereocenters. The fourth-order valence-corrected chi connectivity index (χ4v) is 3.21. The van der Waals surface area contributed by atoms with E-state index in [1.54, 1.807) is 24.3 Å². The molecule has 3 N–H and O–H groups in total. The van der Waals surface area contributed by atoms with E-state index in [-0.39, 0.29) is 5.69 Å². The molecule has 0 aromatic heterocycles. The molecule has 0 aliphatic carbocycles. The smallest absolute Gasteiger partial charge is 0.266 e. The second-order valence-electron chi connectivity index (χ2n) is 3.77. The zero-order valence-corrected chi connectivity index (χ0v) is 12.0. The van der Waals surface area contributed by atoms with Crippen molar-refractivity contribution in [3.63, 3.8) is 0 Å². The number of hydrogen-bond acceptors (Lipinski definition) is 3. The van der Waals surface area contributed by atoms with Gasteiger partial charge in [-0.25, -0.2) is 12.8 Å². The lowest BCUT2D eigenvalue weighted by Gasteiger charge is -2.11. The highest BCUT2D eigenvalue weighted by molar-refractivity contribution is 9.10. The van der Waals surface area contributed by atoms with Crippen molar-refractivity contribution in [2.45, 2.75) is 4.90 Å². The van der Waals surface area contributed by atoms with E-state index in [1.807, 2.05) is 0 Å². The standard InChI is InChI=1S/C12H10BrFN2O2S/c13-8-3-1-4-9(7-8)16-19(17,18)12-10(14)5-2-6-11(12)15/h1-7,16H,15H2. The quantitative estimate of drug-likeness (QED) is 0.840. The minimum absolute atomic E-state index is 0.137. The summed E-state index contributed by atoms with van der Waals surface area (Å²) in [6.45, 7) is 0. The van der Waals surface area contributed by atoms with Gasteiger partial charge in [0.05, 0.1) is 5.69 Å². The molecule has 2 aromatic carbocycles. The molecule has 7 heteroatoms. The summed E-state index contributed by atoms with van der Waals surface area (Å²) < 4.78 is 40.8. The van der Waals surface area contributed by atoms with Crippen molar-refractivity contribution in [1.82, 2.24) is 0 Å². The Kier molecular flexibility index (Phi) is 3.77. The average Bonchev–Trinajstić information content (AvgIpc) is 2.27. The lowest BCUT2D eigenvalue weighted by Crippen LogP contribution is -2.16. The maximum absolute atomic E-state index is 13.6. The Morgan fingerprint density at radius 3 is 2.47 bits per heavy atom. The number of benzene rings is 2. The number of nitrogens with two attached hydrogens (primary N) is 1. The van der Waals surface area contributed by atoms with Gasteiger partial charge in [0, 0.05) is 10.2 Å². The molecule has 0 saturated heterocycles. The normalized spacial score (nSPS) is 11.3. The Morgan fingerprint density at radius 1 is 1.16 bits per heavy atom. The summed E-state index contributed by atoms with van der Waals surface area (Å²) in [5, 5.41) is 0. The van der Waals surface area contributed by atoms with E-state index in [4.69, 9.17) is 5.73 Å².